The minimum absolute atomic E-state index is 0.809. The first kappa shape index (κ1) is 26.4. The Bertz CT molecular complexity index is 378. The highest BCUT2D eigenvalue weighted by Gasteiger charge is 2.74. The van der Waals surface area contributed by atoms with Crippen molar-refractivity contribution in [3.63, 3.8) is 0 Å². The lowest BCUT2D eigenvalue weighted by atomic mass is 10.0. The van der Waals surface area contributed by atoms with Gasteiger partial charge in [0, 0.05) is 0 Å². The van der Waals surface area contributed by atoms with Gasteiger partial charge in [-0.2, -0.15) is 0 Å². The second-order valence-corrected chi connectivity index (χ2v) is 14.4. The van der Waals surface area contributed by atoms with Crippen molar-refractivity contribution in [1.29, 1.82) is 0 Å². The van der Waals surface area contributed by atoms with E-state index in [-0.39, 0.29) is 0 Å². The highest BCUT2D eigenvalue weighted by atomic mass is 35.6. The molecule has 0 nitrogen and oxygen atoms in total. The SMILES string of the molecule is ClC(Cl)(Cl)[C](C(Cl)(Cl)Cl)C(Cl)(Cl)C(Cl)(Cl)C(Cl)(Cl)C(Cl)(Cl)Cl. The van der Waals surface area contributed by atoms with E-state index < -0.39 is 30.3 Å². The Labute approximate surface area is 201 Å². The van der Waals surface area contributed by atoms with Crippen LogP contribution in [0.25, 0.3) is 0 Å². The van der Waals surface area contributed by atoms with Gasteiger partial charge in [0.25, 0.3) is 0 Å². The van der Waals surface area contributed by atoms with Crippen molar-refractivity contribution in [2.75, 3.05) is 0 Å². The standard InChI is InChI=1S/C7Cl15/c8-2(9,1(3(10,11)12)4(13,14)15)5(16,17)6(18,19)7(20,21)22. The summed E-state index contributed by atoms with van der Waals surface area (Å²) in [5.74, 6) is -0.809. The van der Waals surface area contributed by atoms with Crippen LogP contribution < -0.4 is 0 Å². The maximum Gasteiger partial charge on any atom is 0.226 e. The van der Waals surface area contributed by atoms with E-state index in [9.17, 15) is 0 Å². The molecule has 0 spiro atoms. The third kappa shape index (κ3) is 5.45. The Morgan fingerprint density at radius 2 is 0.682 bits per heavy atom. The molecule has 0 aromatic heterocycles. The third-order valence-corrected chi connectivity index (χ3v) is 8.58. The van der Waals surface area contributed by atoms with Crippen molar-refractivity contribution in [3.8, 4) is 0 Å². The molecule has 0 aliphatic heterocycles. The summed E-state index contributed by atoms with van der Waals surface area (Å²) >= 11 is 87.1. The van der Waals surface area contributed by atoms with Gasteiger partial charge in [0.1, 0.15) is 5.92 Å². The summed E-state index contributed by atoms with van der Waals surface area (Å²) in [5, 5.41) is 0. The zero-order valence-electron chi connectivity index (χ0n) is 9.17. The van der Waals surface area contributed by atoms with Crippen LogP contribution in [0, 0.1) is 5.92 Å². The van der Waals surface area contributed by atoms with Crippen LogP contribution >= 0.6 is 174 Å². The molecule has 0 N–H and O–H groups in total. The van der Waals surface area contributed by atoms with E-state index in [2.05, 4.69) is 0 Å². The van der Waals surface area contributed by atoms with Crippen LogP contribution in [0.5, 0.6) is 0 Å². The van der Waals surface area contributed by atoms with Crippen molar-refractivity contribution >= 4 is 174 Å². The first-order valence-electron chi connectivity index (χ1n) is 4.33. The molecule has 0 aromatic carbocycles. The van der Waals surface area contributed by atoms with Gasteiger partial charge in [-0.15, -0.1) is 0 Å². The molecule has 0 saturated heterocycles. The molecule has 1 radical (unpaired) electrons. The fraction of sp³-hybridized carbons (Fsp3) is 0.857. The Morgan fingerprint density at radius 1 is 0.409 bits per heavy atom. The quantitative estimate of drug-likeness (QED) is 0.278. The molecule has 0 amide bonds. The number of halogens is 15. The van der Waals surface area contributed by atoms with Gasteiger partial charge in [-0.25, -0.2) is 0 Å². The third-order valence-electron chi connectivity index (χ3n) is 2.03. The second-order valence-electron chi connectivity index (χ2n) is 3.59. The molecule has 0 unspecified atom stereocenters. The zero-order chi connectivity index (χ0) is 18.6. The highest BCUT2D eigenvalue weighted by molar-refractivity contribution is 6.82. The Kier molecular flexibility index (Phi) is 9.58. The van der Waals surface area contributed by atoms with E-state index in [0.717, 1.165) is 0 Å². The number of alkyl halides is 15. The lowest BCUT2D eigenvalue weighted by molar-refractivity contribution is 0.568. The molecular weight excluding hydrogens is 616 g/mol. The smallest absolute Gasteiger partial charge is 0.0972 e. The first-order valence-corrected chi connectivity index (χ1v) is 10.0. The minimum Gasteiger partial charge on any atom is -0.0972 e. The lowest BCUT2D eigenvalue weighted by Gasteiger charge is -2.49. The number of hydrogen-bond acceptors (Lipinski definition) is 0. The summed E-state index contributed by atoms with van der Waals surface area (Å²) in [7, 11) is 0. The Balaban J connectivity index is 6.30. The molecule has 0 aliphatic rings. The van der Waals surface area contributed by atoms with Gasteiger partial charge >= 0.3 is 0 Å². The van der Waals surface area contributed by atoms with Crippen LogP contribution in [0.15, 0.2) is 0 Å². The number of hydrogen-bond donors (Lipinski definition) is 0. The molecule has 0 rings (SSSR count). The molecule has 0 aromatic rings. The van der Waals surface area contributed by atoms with Crippen LogP contribution in [-0.4, -0.2) is 24.4 Å². The summed E-state index contributed by atoms with van der Waals surface area (Å²) in [4.78, 5) is 0. The molecule has 133 valence electrons. The van der Waals surface area contributed by atoms with E-state index in [4.69, 9.17) is 174 Å². The summed E-state index contributed by atoms with van der Waals surface area (Å²) < 4.78 is -15.4. The summed E-state index contributed by atoms with van der Waals surface area (Å²) in [6, 6.07) is 0. The lowest BCUT2D eigenvalue weighted by Crippen LogP contribution is -2.61. The van der Waals surface area contributed by atoms with E-state index in [0.29, 0.717) is 0 Å². The van der Waals surface area contributed by atoms with E-state index >= 15 is 0 Å². The van der Waals surface area contributed by atoms with Crippen molar-refractivity contribution < 1.29 is 0 Å². The topological polar surface area (TPSA) is 0 Å². The molecule has 22 heavy (non-hydrogen) atoms. The summed E-state index contributed by atoms with van der Waals surface area (Å²) in [6.45, 7) is 0. The normalized spacial score (nSPS) is 16.4. The summed E-state index contributed by atoms with van der Waals surface area (Å²) in [6.07, 6.45) is 0. The molecular formula is C7Cl15. The average Bonchev–Trinajstić information content (AvgIpc) is 2.08. The predicted molar refractivity (Wildman–Crippen MR) is 107 cm³/mol. The van der Waals surface area contributed by atoms with Gasteiger partial charge in [0.15, 0.2) is 13.0 Å². The van der Waals surface area contributed by atoms with Crippen LogP contribution in [0.3, 0.4) is 0 Å². The molecule has 0 atom stereocenters. The largest absolute Gasteiger partial charge is 0.226 e. The van der Waals surface area contributed by atoms with Crippen molar-refractivity contribution in [2.45, 2.75) is 24.4 Å². The van der Waals surface area contributed by atoms with Crippen LogP contribution in [0.4, 0.5) is 0 Å². The average molecular weight is 616 g/mol. The van der Waals surface area contributed by atoms with Crippen molar-refractivity contribution in [1.82, 2.24) is 0 Å². The molecule has 15 heteroatoms. The minimum atomic E-state index is -2.72. The molecule has 0 bridgehead atoms. The summed E-state index contributed by atoms with van der Waals surface area (Å²) in [5.41, 5.74) is 0. The van der Waals surface area contributed by atoms with Crippen LogP contribution in [0.2, 0.25) is 0 Å². The fourth-order valence-corrected chi connectivity index (χ4v) is 6.28. The first-order chi connectivity index (χ1) is 9.12. The van der Waals surface area contributed by atoms with Gasteiger partial charge < -0.3 is 0 Å². The van der Waals surface area contributed by atoms with Gasteiger partial charge in [-0.3, -0.25) is 0 Å². The maximum absolute atomic E-state index is 6.07. The Hall–Kier alpha value is 4.35. The monoisotopic (exact) mass is 609 g/mol. The second kappa shape index (κ2) is 8.00. The molecule has 0 heterocycles. The number of rotatable bonds is 3. The van der Waals surface area contributed by atoms with Gasteiger partial charge in [0.2, 0.25) is 11.4 Å². The van der Waals surface area contributed by atoms with E-state index in [1.54, 1.807) is 0 Å². The molecule has 0 saturated carbocycles. The highest BCUT2D eigenvalue weighted by Crippen LogP contribution is 2.69. The molecule has 0 fully saturated rings. The zero-order valence-corrected chi connectivity index (χ0v) is 20.5. The van der Waals surface area contributed by atoms with Gasteiger partial charge in [0.05, 0.1) is 0 Å². The van der Waals surface area contributed by atoms with E-state index in [1.165, 1.54) is 0 Å². The van der Waals surface area contributed by atoms with Crippen LogP contribution in [-0.2, 0) is 0 Å². The van der Waals surface area contributed by atoms with Gasteiger partial charge in [-0.05, 0) is 0 Å². The van der Waals surface area contributed by atoms with E-state index in [1.807, 2.05) is 0 Å². The predicted octanol–water partition coefficient (Wildman–Crippen LogP) is 9.19. The van der Waals surface area contributed by atoms with Crippen molar-refractivity contribution in [2.24, 2.45) is 0 Å². The Morgan fingerprint density at radius 3 is 0.864 bits per heavy atom. The molecule has 0 aliphatic carbocycles. The fourth-order valence-electron chi connectivity index (χ4n) is 1.05. The van der Waals surface area contributed by atoms with Crippen molar-refractivity contribution in [3.05, 3.63) is 5.92 Å². The van der Waals surface area contributed by atoms with Crippen LogP contribution in [0.1, 0.15) is 0 Å². The van der Waals surface area contributed by atoms with Gasteiger partial charge in [-0.1, -0.05) is 174 Å². The maximum atomic E-state index is 6.07.